The number of thioether (sulfide) groups is 1. The van der Waals surface area contributed by atoms with E-state index in [0.717, 1.165) is 28.5 Å². The monoisotopic (exact) mass is 345 g/mol. The molecule has 1 heterocycles. The van der Waals surface area contributed by atoms with Crippen molar-refractivity contribution in [3.05, 3.63) is 96.1 Å². The molecule has 0 spiro atoms. The van der Waals surface area contributed by atoms with E-state index in [-0.39, 0.29) is 0 Å². The van der Waals surface area contributed by atoms with E-state index in [9.17, 15) is 0 Å². The maximum Gasteiger partial charge on any atom is 0.256 e. The summed E-state index contributed by atoms with van der Waals surface area (Å²) in [7, 11) is 0. The van der Waals surface area contributed by atoms with Crippen molar-refractivity contribution in [1.29, 1.82) is 0 Å². The Bertz CT molecular complexity index is 861. The molecule has 124 valence electrons. The number of aromatic nitrogens is 1. The number of hydrogen-bond donors (Lipinski definition) is 0. The summed E-state index contributed by atoms with van der Waals surface area (Å²) in [6, 6.07) is 29.3. The first-order valence-corrected chi connectivity index (χ1v) is 9.47. The van der Waals surface area contributed by atoms with Crippen molar-refractivity contribution in [1.82, 2.24) is 4.98 Å². The van der Waals surface area contributed by atoms with Crippen molar-refractivity contribution in [3.63, 3.8) is 0 Å². The average Bonchev–Trinajstić information content (AvgIpc) is 3.09. The number of benzene rings is 3. The molecule has 0 amide bonds. The molecule has 0 aliphatic carbocycles. The third-order valence-electron chi connectivity index (χ3n) is 4.31. The zero-order valence-electron chi connectivity index (χ0n) is 13.8. The minimum atomic E-state index is 0.388. The van der Waals surface area contributed by atoms with Crippen molar-refractivity contribution >= 4 is 22.9 Å². The molecule has 0 aliphatic heterocycles. The van der Waals surface area contributed by atoms with Gasteiger partial charge < -0.3 is 4.42 Å². The van der Waals surface area contributed by atoms with Gasteiger partial charge in [0.25, 0.3) is 5.22 Å². The molecule has 0 atom stereocenters. The van der Waals surface area contributed by atoms with E-state index in [4.69, 9.17) is 4.42 Å². The minimum Gasteiger partial charge on any atom is -0.431 e. The summed E-state index contributed by atoms with van der Waals surface area (Å²) in [6.07, 6.45) is 1.04. The lowest BCUT2D eigenvalue weighted by Gasteiger charge is -2.17. The Balaban J connectivity index is 1.49. The lowest BCUT2D eigenvalue weighted by Crippen LogP contribution is -2.02. The quantitative estimate of drug-likeness (QED) is 0.392. The fourth-order valence-electron chi connectivity index (χ4n) is 3.07. The molecular formula is C22H19NOS. The van der Waals surface area contributed by atoms with E-state index >= 15 is 0 Å². The highest BCUT2D eigenvalue weighted by Crippen LogP contribution is 2.31. The van der Waals surface area contributed by atoms with E-state index in [1.165, 1.54) is 11.1 Å². The molecule has 3 heteroatoms. The zero-order valence-corrected chi connectivity index (χ0v) is 14.7. The first kappa shape index (κ1) is 16.0. The van der Waals surface area contributed by atoms with Crippen LogP contribution in [0.3, 0.4) is 0 Å². The first-order chi connectivity index (χ1) is 12.4. The van der Waals surface area contributed by atoms with Crippen LogP contribution in [0.4, 0.5) is 0 Å². The Morgan fingerprint density at radius 1 is 0.760 bits per heavy atom. The second-order valence-corrected chi connectivity index (χ2v) is 7.00. The van der Waals surface area contributed by atoms with Gasteiger partial charge in [-0.2, -0.15) is 0 Å². The maximum absolute atomic E-state index is 5.81. The lowest BCUT2D eigenvalue weighted by molar-refractivity contribution is 0.489. The molecule has 0 unspecified atom stereocenters. The average molecular weight is 345 g/mol. The van der Waals surface area contributed by atoms with Crippen LogP contribution in [0.15, 0.2) is 94.6 Å². The summed E-state index contributed by atoms with van der Waals surface area (Å²) in [4.78, 5) is 4.55. The van der Waals surface area contributed by atoms with Gasteiger partial charge in [-0.25, -0.2) is 4.98 Å². The van der Waals surface area contributed by atoms with Gasteiger partial charge in [0.2, 0.25) is 0 Å². The number of hydrogen-bond acceptors (Lipinski definition) is 3. The van der Waals surface area contributed by atoms with Gasteiger partial charge in [-0.3, -0.25) is 0 Å². The predicted molar refractivity (Wildman–Crippen MR) is 104 cm³/mol. The molecule has 0 fully saturated rings. The van der Waals surface area contributed by atoms with Gasteiger partial charge in [0, 0.05) is 11.7 Å². The summed E-state index contributed by atoms with van der Waals surface area (Å²) in [5, 5.41) is 0.751. The second-order valence-electron chi connectivity index (χ2n) is 5.96. The smallest absolute Gasteiger partial charge is 0.256 e. The van der Waals surface area contributed by atoms with Gasteiger partial charge in [0.05, 0.1) is 0 Å². The molecule has 0 saturated heterocycles. The van der Waals surface area contributed by atoms with Crippen LogP contribution in [0.1, 0.15) is 23.5 Å². The fraction of sp³-hybridized carbons (Fsp3) is 0.136. The maximum atomic E-state index is 5.81. The minimum absolute atomic E-state index is 0.388. The van der Waals surface area contributed by atoms with Crippen LogP contribution >= 0.6 is 11.8 Å². The molecule has 4 aromatic rings. The number of para-hydroxylation sites is 2. The van der Waals surface area contributed by atoms with Gasteiger partial charge >= 0.3 is 0 Å². The zero-order chi connectivity index (χ0) is 16.9. The molecular weight excluding hydrogens is 326 g/mol. The van der Waals surface area contributed by atoms with Crippen molar-refractivity contribution in [2.24, 2.45) is 0 Å². The Labute approximate surface area is 151 Å². The van der Waals surface area contributed by atoms with Gasteiger partial charge in [0.15, 0.2) is 5.58 Å². The van der Waals surface area contributed by atoms with Crippen molar-refractivity contribution in [3.8, 4) is 0 Å². The van der Waals surface area contributed by atoms with Crippen LogP contribution < -0.4 is 0 Å². The van der Waals surface area contributed by atoms with Crippen molar-refractivity contribution in [2.75, 3.05) is 5.75 Å². The van der Waals surface area contributed by atoms with Crippen LogP contribution in [0, 0.1) is 0 Å². The number of nitrogens with zero attached hydrogens (tertiary/aromatic N) is 1. The van der Waals surface area contributed by atoms with Crippen LogP contribution in [-0.4, -0.2) is 10.7 Å². The third kappa shape index (κ3) is 3.77. The standard InChI is InChI=1S/C22H19NOS/c1-3-9-17(10-4-1)19(18-11-5-2-6-12-18)15-16-25-22-23-20-13-7-8-14-21(20)24-22/h1-14,19H,15-16H2. The molecule has 1 aromatic heterocycles. The van der Waals surface area contributed by atoms with E-state index < -0.39 is 0 Å². The molecule has 4 rings (SSSR count). The third-order valence-corrected chi connectivity index (χ3v) is 5.17. The van der Waals surface area contributed by atoms with E-state index in [0.29, 0.717) is 5.92 Å². The summed E-state index contributed by atoms with van der Waals surface area (Å²) in [6.45, 7) is 0. The van der Waals surface area contributed by atoms with E-state index in [1.54, 1.807) is 11.8 Å². The van der Waals surface area contributed by atoms with Gasteiger partial charge in [-0.1, -0.05) is 84.6 Å². The molecule has 25 heavy (non-hydrogen) atoms. The topological polar surface area (TPSA) is 26.0 Å². The Morgan fingerprint density at radius 3 is 2.00 bits per heavy atom. The highest BCUT2D eigenvalue weighted by atomic mass is 32.2. The first-order valence-electron chi connectivity index (χ1n) is 8.48. The fourth-order valence-corrected chi connectivity index (χ4v) is 3.91. The molecule has 3 aromatic carbocycles. The number of fused-ring (bicyclic) bond motifs is 1. The highest BCUT2D eigenvalue weighted by Gasteiger charge is 2.14. The van der Waals surface area contributed by atoms with Crippen LogP contribution in [0.25, 0.3) is 11.1 Å². The normalized spacial score (nSPS) is 11.2. The summed E-state index contributed by atoms with van der Waals surface area (Å²) in [5.74, 6) is 1.35. The van der Waals surface area contributed by atoms with Crippen molar-refractivity contribution < 1.29 is 4.42 Å². The van der Waals surface area contributed by atoms with E-state index in [2.05, 4.69) is 65.6 Å². The molecule has 0 bridgehead atoms. The summed E-state index contributed by atoms with van der Waals surface area (Å²) < 4.78 is 5.81. The Morgan fingerprint density at radius 2 is 1.36 bits per heavy atom. The molecule has 0 N–H and O–H groups in total. The molecule has 0 aliphatic rings. The van der Waals surface area contributed by atoms with Crippen molar-refractivity contribution in [2.45, 2.75) is 17.6 Å². The lowest BCUT2D eigenvalue weighted by atomic mass is 9.89. The largest absolute Gasteiger partial charge is 0.431 e. The van der Waals surface area contributed by atoms with Gasteiger partial charge in [-0.15, -0.1) is 0 Å². The van der Waals surface area contributed by atoms with E-state index in [1.807, 2.05) is 24.3 Å². The van der Waals surface area contributed by atoms with Crippen LogP contribution in [0.2, 0.25) is 0 Å². The van der Waals surface area contributed by atoms with Crippen LogP contribution in [0.5, 0.6) is 0 Å². The Kier molecular flexibility index (Phi) is 4.84. The molecule has 0 radical (unpaired) electrons. The highest BCUT2D eigenvalue weighted by molar-refractivity contribution is 7.99. The van der Waals surface area contributed by atoms with Gasteiger partial charge in [-0.05, 0) is 29.7 Å². The van der Waals surface area contributed by atoms with Gasteiger partial charge in [0.1, 0.15) is 5.52 Å². The summed E-state index contributed by atoms with van der Waals surface area (Å²) >= 11 is 1.69. The molecule has 0 saturated carbocycles. The van der Waals surface area contributed by atoms with Crippen LogP contribution in [-0.2, 0) is 0 Å². The second kappa shape index (κ2) is 7.58. The Hall–Kier alpha value is -2.52. The predicted octanol–water partition coefficient (Wildman–Crippen LogP) is 6.14. The number of oxazole rings is 1. The summed E-state index contributed by atoms with van der Waals surface area (Å²) in [5.41, 5.74) is 4.49. The molecule has 2 nitrogen and oxygen atoms in total. The SMILES string of the molecule is c1ccc(C(CCSc2nc3ccccc3o2)c2ccccc2)cc1. The number of rotatable bonds is 6.